The lowest BCUT2D eigenvalue weighted by Crippen LogP contribution is -2.44. The maximum absolute atomic E-state index is 9.91. The molecule has 2 fully saturated rings. The molecule has 0 aromatic carbocycles. The Morgan fingerprint density at radius 2 is 1.82 bits per heavy atom. The normalized spacial score (nSPS) is 19.7. The summed E-state index contributed by atoms with van der Waals surface area (Å²) in [5.74, 6) is 1.90. The van der Waals surface area contributed by atoms with Gasteiger partial charge in [0, 0.05) is 37.6 Å². The van der Waals surface area contributed by atoms with E-state index in [4.69, 9.17) is 16.6 Å². The average Bonchev–Trinajstić information content (AvgIpc) is 3.12. The van der Waals surface area contributed by atoms with Crippen LogP contribution in [0.4, 0.5) is 5.95 Å². The Morgan fingerprint density at radius 3 is 2.46 bits per heavy atom. The van der Waals surface area contributed by atoms with E-state index in [1.165, 1.54) is 0 Å². The lowest BCUT2D eigenvalue weighted by Gasteiger charge is -2.40. The largest absolute Gasteiger partial charge is 0.394 e. The Hall–Kier alpha value is -2.32. The molecule has 1 saturated carbocycles. The Bertz CT molecular complexity index is 972. The third kappa shape index (κ3) is 2.91. The molecule has 8 nitrogen and oxygen atoms in total. The first kappa shape index (κ1) is 17.8. The molecule has 2 aliphatic rings. The summed E-state index contributed by atoms with van der Waals surface area (Å²) in [5.41, 5.74) is 0.508. The van der Waals surface area contributed by atoms with Crippen LogP contribution in [0.2, 0.25) is 5.02 Å². The number of anilines is 1. The summed E-state index contributed by atoms with van der Waals surface area (Å²) in [4.78, 5) is 20.3. The summed E-state index contributed by atoms with van der Waals surface area (Å²) in [6.45, 7) is 1.79. The predicted molar refractivity (Wildman–Crippen MR) is 105 cm³/mol. The third-order valence-corrected chi connectivity index (χ3v) is 6.30. The van der Waals surface area contributed by atoms with E-state index in [-0.39, 0.29) is 12.1 Å². The highest BCUT2D eigenvalue weighted by Crippen LogP contribution is 2.40. The van der Waals surface area contributed by atoms with Gasteiger partial charge >= 0.3 is 0 Å². The molecule has 3 aromatic rings. The topological polar surface area (TPSA) is 92.8 Å². The maximum Gasteiger partial charge on any atom is 0.227 e. The highest BCUT2D eigenvalue weighted by molar-refractivity contribution is 6.30. The number of halogens is 1. The van der Waals surface area contributed by atoms with Crippen LogP contribution >= 0.6 is 11.6 Å². The fourth-order valence-electron chi connectivity index (χ4n) is 4.20. The van der Waals surface area contributed by atoms with E-state index >= 15 is 0 Å². The fourth-order valence-corrected chi connectivity index (χ4v) is 4.30. The standard InChI is InChI=1S/C19H22ClN7O/c20-15-10-21-16(22-11-15)13-2-6-26(7-3-13)18-23-8-14-9-24-27(17(14)25-18)19(12-28)4-1-5-19/h8-11,13,28H,1-7,12H2. The summed E-state index contributed by atoms with van der Waals surface area (Å²) >= 11 is 5.89. The summed E-state index contributed by atoms with van der Waals surface area (Å²) in [6, 6.07) is 0. The van der Waals surface area contributed by atoms with Gasteiger partial charge in [0.15, 0.2) is 5.65 Å². The first-order chi connectivity index (χ1) is 13.7. The molecule has 0 radical (unpaired) electrons. The van der Waals surface area contributed by atoms with Gasteiger partial charge in [-0.25, -0.2) is 19.6 Å². The van der Waals surface area contributed by atoms with Gasteiger partial charge in [0.05, 0.1) is 28.8 Å². The van der Waals surface area contributed by atoms with Crippen molar-refractivity contribution in [3.05, 3.63) is 35.6 Å². The van der Waals surface area contributed by atoms with E-state index in [0.717, 1.165) is 68.0 Å². The Morgan fingerprint density at radius 1 is 1.07 bits per heavy atom. The van der Waals surface area contributed by atoms with Gasteiger partial charge in [-0.15, -0.1) is 0 Å². The van der Waals surface area contributed by atoms with Crippen LogP contribution in [-0.4, -0.2) is 54.5 Å². The Balaban J connectivity index is 1.36. The highest BCUT2D eigenvalue weighted by atomic mass is 35.5. The Kier molecular flexibility index (Phi) is 4.40. The minimum Gasteiger partial charge on any atom is -0.394 e. The van der Waals surface area contributed by atoms with Gasteiger partial charge in [0.2, 0.25) is 5.95 Å². The third-order valence-electron chi connectivity index (χ3n) is 6.11. The van der Waals surface area contributed by atoms with Gasteiger partial charge < -0.3 is 10.0 Å². The van der Waals surface area contributed by atoms with E-state index in [1.807, 2.05) is 10.9 Å². The molecular weight excluding hydrogens is 378 g/mol. The lowest BCUT2D eigenvalue weighted by atomic mass is 9.77. The van der Waals surface area contributed by atoms with Crippen LogP contribution in [0.25, 0.3) is 11.0 Å². The molecule has 0 bridgehead atoms. The average molecular weight is 400 g/mol. The number of nitrogens with zero attached hydrogens (tertiary/aromatic N) is 7. The van der Waals surface area contributed by atoms with Crippen molar-refractivity contribution in [2.24, 2.45) is 0 Å². The van der Waals surface area contributed by atoms with Crippen molar-refractivity contribution in [2.75, 3.05) is 24.6 Å². The summed E-state index contributed by atoms with van der Waals surface area (Å²) in [6.07, 6.45) is 11.8. The van der Waals surface area contributed by atoms with Crippen LogP contribution in [0.1, 0.15) is 43.8 Å². The molecule has 5 rings (SSSR count). The van der Waals surface area contributed by atoms with Crippen molar-refractivity contribution in [1.82, 2.24) is 29.7 Å². The zero-order chi connectivity index (χ0) is 19.1. The molecule has 0 unspecified atom stereocenters. The molecule has 4 heterocycles. The number of hydrogen-bond acceptors (Lipinski definition) is 7. The lowest BCUT2D eigenvalue weighted by molar-refractivity contribution is 0.0474. The molecule has 0 spiro atoms. The number of rotatable bonds is 4. The number of aromatic nitrogens is 6. The molecule has 3 aromatic heterocycles. The number of piperidine rings is 1. The summed E-state index contributed by atoms with van der Waals surface area (Å²) < 4.78 is 1.91. The number of fused-ring (bicyclic) bond motifs is 1. The van der Waals surface area contributed by atoms with Crippen molar-refractivity contribution in [3.63, 3.8) is 0 Å². The number of aliphatic hydroxyl groups is 1. The molecule has 1 aliphatic heterocycles. The van der Waals surface area contributed by atoms with Crippen molar-refractivity contribution in [3.8, 4) is 0 Å². The molecule has 0 atom stereocenters. The van der Waals surface area contributed by atoms with Gasteiger partial charge in [0.1, 0.15) is 5.82 Å². The fraction of sp³-hybridized carbons (Fsp3) is 0.526. The van der Waals surface area contributed by atoms with Crippen LogP contribution in [0.15, 0.2) is 24.8 Å². The molecule has 9 heteroatoms. The molecule has 1 saturated heterocycles. The van der Waals surface area contributed by atoms with Crippen molar-refractivity contribution in [1.29, 1.82) is 0 Å². The van der Waals surface area contributed by atoms with Crippen LogP contribution < -0.4 is 4.90 Å². The van der Waals surface area contributed by atoms with Crippen molar-refractivity contribution in [2.45, 2.75) is 43.6 Å². The summed E-state index contributed by atoms with van der Waals surface area (Å²) in [5, 5.41) is 15.9. The van der Waals surface area contributed by atoms with Gasteiger partial charge in [0.25, 0.3) is 0 Å². The van der Waals surface area contributed by atoms with Crippen LogP contribution in [0.3, 0.4) is 0 Å². The molecule has 0 amide bonds. The zero-order valence-corrected chi connectivity index (χ0v) is 16.3. The first-order valence-corrected chi connectivity index (χ1v) is 10.1. The van der Waals surface area contributed by atoms with Crippen LogP contribution in [0, 0.1) is 0 Å². The monoisotopic (exact) mass is 399 g/mol. The van der Waals surface area contributed by atoms with Gasteiger partial charge in [-0.1, -0.05) is 11.6 Å². The van der Waals surface area contributed by atoms with Gasteiger partial charge in [-0.05, 0) is 32.1 Å². The number of hydrogen-bond donors (Lipinski definition) is 1. The SMILES string of the molecule is OCC1(n2ncc3cnc(N4CCC(c5ncc(Cl)cn5)CC4)nc32)CCC1. The second-order valence-electron chi connectivity index (χ2n) is 7.76. The second-order valence-corrected chi connectivity index (χ2v) is 8.20. The van der Waals surface area contributed by atoms with E-state index in [2.05, 4.69) is 25.0 Å². The second kappa shape index (κ2) is 6.93. The van der Waals surface area contributed by atoms with Gasteiger partial charge in [-0.2, -0.15) is 10.1 Å². The maximum atomic E-state index is 9.91. The highest BCUT2D eigenvalue weighted by Gasteiger charge is 2.40. The molecule has 146 valence electrons. The summed E-state index contributed by atoms with van der Waals surface area (Å²) in [7, 11) is 0. The molecule has 28 heavy (non-hydrogen) atoms. The van der Waals surface area contributed by atoms with E-state index in [9.17, 15) is 5.11 Å². The minimum atomic E-state index is -0.299. The first-order valence-electron chi connectivity index (χ1n) is 9.73. The zero-order valence-electron chi connectivity index (χ0n) is 15.5. The van der Waals surface area contributed by atoms with Crippen LogP contribution in [0.5, 0.6) is 0 Å². The quantitative estimate of drug-likeness (QED) is 0.720. The van der Waals surface area contributed by atoms with E-state index < -0.39 is 0 Å². The number of aliphatic hydroxyl groups excluding tert-OH is 1. The Labute approximate surface area is 167 Å². The molecule has 1 N–H and O–H groups in total. The van der Waals surface area contributed by atoms with E-state index in [0.29, 0.717) is 10.9 Å². The smallest absolute Gasteiger partial charge is 0.227 e. The van der Waals surface area contributed by atoms with Crippen molar-refractivity contribution < 1.29 is 5.11 Å². The van der Waals surface area contributed by atoms with Gasteiger partial charge in [-0.3, -0.25) is 0 Å². The molecular formula is C19H22ClN7O. The van der Waals surface area contributed by atoms with E-state index in [1.54, 1.807) is 18.6 Å². The predicted octanol–water partition coefficient (Wildman–Crippen LogP) is 2.53. The molecule has 1 aliphatic carbocycles. The minimum absolute atomic E-state index is 0.0929. The van der Waals surface area contributed by atoms with Crippen LogP contribution in [-0.2, 0) is 5.54 Å². The van der Waals surface area contributed by atoms with Crippen molar-refractivity contribution >= 4 is 28.6 Å².